The number of hydrogen-bond donors (Lipinski definition) is 2. The Hall–Kier alpha value is -1.09. The third-order valence-electron chi connectivity index (χ3n) is 2.74. The van der Waals surface area contributed by atoms with Crippen LogP contribution in [0.2, 0.25) is 0 Å². The van der Waals surface area contributed by atoms with Crippen molar-refractivity contribution in [2.45, 2.75) is 32.1 Å². The second-order valence-electron chi connectivity index (χ2n) is 4.13. The molecule has 90 valence electrons. The summed E-state index contributed by atoms with van der Waals surface area (Å²) in [6.45, 7) is 5.40. The third-order valence-corrected chi connectivity index (χ3v) is 2.74. The molecule has 0 fully saturated rings. The molecule has 0 aromatic rings. The van der Waals surface area contributed by atoms with Gasteiger partial charge in [0, 0.05) is 6.54 Å². The molecule has 0 aromatic carbocycles. The maximum atomic E-state index is 11.2. The van der Waals surface area contributed by atoms with Gasteiger partial charge in [0.25, 0.3) is 0 Å². The minimum Gasteiger partial charge on any atom is -0.352 e. The molecule has 1 aliphatic rings. The lowest BCUT2D eigenvalue weighted by atomic mass is 9.97. The molecule has 2 N–H and O–H groups in total. The quantitative estimate of drug-likeness (QED) is 0.509. The average Bonchev–Trinajstić information content (AvgIpc) is 2.33. The zero-order valence-corrected chi connectivity index (χ0v) is 9.93. The summed E-state index contributed by atoms with van der Waals surface area (Å²) in [6.07, 6.45) is 10.2. The van der Waals surface area contributed by atoms with Gasteiger partial charge in [0.15, 0.2) is 0 Å². The van der Waals surface area contributed by atoms with E-state index in [9.17, 15) is 4.79 Å². The first-order valence-electron chi connectivity index (χ1n) is 6.09. The van der Waals surface area contributed by atoms with Gasteiger partial charge in [-0.15, -0.1) is 6.58 Å². The van der Waals surface area contributed by atoms with Gasteiger partial charge in [0.1, 0.15) is 0 Å². The van der Waals surface area contributed by atoms with Gasteiger partial charge in [0.2, 0.25) is 5.91 Å². The molecule has 3 nitrogen and oxygen atoms in total. The minimum atomic E-state index is 0.0394. The summed E-state index contributed by atoms with van der Waals surface area (Å²) in [4.78, 5) is 11.2. The summed E-state index contributed by atoms with van der Waals surface area (Å²) in [6, 6.07) is 0. The summed E-state index contributed by atoms with van der Waals surface area (Å²) in [7, 11) is 0. The molecule has 0 saturated carbocycles. The molecule has 1 aliphatic carbocycles. The van der Waals surface area contributed by atoms with Gasteiger partial charge < -0.3 is 10.6 Å². The Kier molecular flexibility index (Phi) is 6.58. The molecule has 1 amide bonds. The van der Waals surface area contributed by atoms with Gasteiger partial charge in [-0.2, -0.15) is 0 Å². The van der Waals surface area contributed by atoms with Gasteiger partial charge in [-0.25, -0.2) is 0 Å². The zero-order chi connectivity index (χ0) is 11.6. The first-order valence-corrected chi connectivity index (χ1v) is 6.09. The zero-order valence-electron chi connectivity index (χ0n) is 9.93. The number of nitrogens with one attached hydrogen (secondary N) is 2. The van der Waals surface area contributed by atoms with Crippen LogP contribution in [0, 0.1) is 0 Å². The Balaban J connectivity index is 2.00. The van der Waals surface area contributed by atoms with Crippen LogP contribution >= 0.6 is 0 Å². The number of allylic oxidation sites excluding steroid dienone is 1. The van der Waals surface area contributed by atoms with Crippen molar-refractivity contribution in [1.29, 1.82) is 0 Å². The lowest BCUT2D eigenvalue weighted by Gasteiger charge is -2.12. The average molecular weight is 222 g/mol. The van der Waals surface area contributed by atoms with Crippen LogP contribution in [-0.4, -0.2) is 25.5 Å². The largest absolute Gasteiger partial charge is 0.352 e. The Bertz CT molecular complexity index is 259. The molecular weight excluding hydrogens is 200 g/mol. The SMILES string of the molecule is C=CCNC(=O)CNCCC1=CCCCC1. The van der Waals surface area contributed by atoms with Gasteiger partial charge in [0.05, 0.1) is 6.54 Å². The van der Waals surface area contributed by atoms with Crippen molar-refractivity contribution < 1.29 is 4.79 Å². The molecule has 0 unspecified atom stereocenters. The van der Waals surface area contributed by atoms with Crippen molar-refractivity contribution in [3.05, 3.63) is 24.3 Å². The summed E-state index contributed by atoms with van der Waals surface area (Å²) < 4.78 is 0. The Labute approximate surface area is 98.0 Å². The van der Waals surface area contributed by atoms with E-state index in [4.69, 9.17) is 0 Å². The van der Waals surface area contributed by atoms with Crippen molar-refractivity contribution in [2.75, 3.05) is 19.6 Å². The minimum absolute atomic E-state index is 0.0394. The van der Waals surface area contributed by atoms with E-state index in [-0.39, 0.29) is 5.91 Å². The topological polar surface area (TPSA) is 41.1 Å². The van der Waals surface area contributed by atoms with E-state index in [1.54, 1.807) is 11.6 Å². The molecular formula is C13H22N2O. The van der Waals surface area contributed by atoms with Crippen molar-refractivity contribution >= 4 is 5.91 Å². The molecule has 0 spiro atoms. The number of hydrogen-bond acceptors (Lipinski definition) is 2. The summed E-state index contributed by atoms with van der Waals surface area (Å²) >= 11 is 0. The second-order valence-corrected chi connectivity index (χ2v) is 4.13. The Morgan fingerprint density at radius 1 is 1.50 bits per heavy atom. The van der Waals surface area contributed by atoms with Crippen LogP contribution < -0.4 is 10.6 Å². The van der Waals surface area contributed by atoms with E-state index >= 15 is 0 Å². The number of carbonyl (C=O) groups excluding carboxylic acids is 1. The fourth-order valence-electron chi connectivity index (χ4n) is 1.83. The first-order chi connectivity index (χ1) is 7.83. The van der Waals surface area contributed by atoms with E-state index in [0.717, 1.165) is 13.0 Å². The normalized spacial score (nSPS) is 15.4. The molecule has 0 aromatic heterocycles. The van der Waals surface area contributed by atoms with Crippen molar-refractivity contribution in [3.8, 4) is 0 Å². The predicted molar refractivity (Wildman–Crippen MR) is 67.2 cm³/mol. The van der Waals surface area contributed by atoms with E-state index in [0.29, 0.717) is 13.1 Å². The van der Waals surface area contributed by atoms with Gasteiger partial charge >= 0.3 is 0 Å². The third kappa shape index (κ3) is 5.71. The molecule has 0 saturated heterocycles. The molecule has 0 atom stereocenters. The first kappa shape index (κ1) is 13.0. The highest BCUT2D eigenvalue weighted by Crippen LogP contribution is 2.19. The molecule has 0 radical (unpaired) electrons. The molecule has 0 heterocycles. The number of carbonyl (C=O) groups is 1. The summed E-state index contributed by atoms with van der Waals surface area (Å²) in [5.41, 5.74) is 1.55. The highest BCUT2D eigenvalue weighted by Gasteiger charge is 2.03. The standard InChI is InChI=1S/C13H22N2O/c1-2-9-15-13(16)11-14-10-8-12-6-4-3-5-7-12/h2,6,14H,1,3-5,7-11H2,(H,15,16). The molecule has 16 heavy (non-hydrogen) atoms. The highest BCUT2D eigenvalue weighted by atomic mass is 16.1. The maximum absolute atomic E-state index is 11.2. The number of amides is 1. The monoisotopic (exact) mass is 222 g/mol. The Morgan fingerprint density at radius 2 is 2.38 bits per heavy atom. The van der Waals surface area contributed by atoms with Crippen molar-refractivity contribution in [1.82, 2.24) is 10.6 Å². The fraction of sp³-hybridized carbons (Fsp3) is 0.615. The Morgan fingerprint density at radius 3 is 3.06 bits per heavy atom. The fourth-order valence-corrected chi connectivity index (χ4v) is 1.83. The summed E-state index contributed by atoms with van der Waals surface area (Å²) in [5, 5.41) is 5.89. The van der Waals surface area contributed by atoms with Gasteiger partial charge in [-0.1, -0.05) is 17.7 Å². The second kappa shape index (κ2) is 8.11. The van der Waals surface area contributed by atoms with Crippen LogP contribution in [0.4, 0.5) is 0 Å². The molecule has 0 aliphatic heterocycles. The van der Waals surface area contributed by atoms with Gasteiger partial charge in [-0.05, 0) is 38.6 Å². The van der Waals surface area contributed by atoms with Crippen LogP contribution in [0.1, 0.15) is 32.1 Å². The maximum Gasteiger partial charge on any atom is 0.234 e. The van der Waals surface area contributed by atoms with E-state index < -0.39 is 0 Å². The smallest absolute Gasteiger partial charge is 0.234 e. The highest BCUT2D eigenvalue weighted by molar-refractivity contribution is 5.78. The molecule has 1 rings (SSSR count). The van der Waals surface area contributed by atoms with Crippen LogP contribution in [0.5, 0.6) is 0 Å². The lowest BCUT2D eigenvalue weighted by molar-refractivity contribution is -0.120. The van der Waals surface area contributed by atoms with E-state index in [1.165, 1.54) is 25.7 Å². The van der Waals surface area contributed by atoms with E-state index in [1.807, 2.05) is 0 Å². The number of rotatable bonds is 7. The van der Waals surface area contributed by atoms with Crippen LogP contribution in [0.15, 0.2) is 24.3 Å². The predicted octanol–water partition coefficient (Wildman–Crippen LogP) is 1.77. The van der Waals surface area contributed by atoms with Crippen molar-refractivity contribution in [3.63, 3.8) is 0 Å². The van der Waals surface area contributed by atoms with Crippen LogP contribution in [0.25, 0.3) is 0 Å². The summed E-state index contributed by atoms with van der Waals surface area (Å²) in [5.74, 6) is 0.0394. The van der Waals surface area contributed by atoms with Gasteiger partial charge in [-0.3, -0.25) is 4.79 Å². The van der Waals surface area contributed by atoms with E-state index in [2.05, 4.69) is 23.3 Å². The lowest BCUT2D eigenvalue weighted by Crippen LogP contribution is -2.34. The molecule has 0 bridgehead atoms. The molecule has 3 heteroatoms. The van der Waals surface area contributed by atoms with Crippen molar-refractivity contribution in [2.24, 2.45) is 0 Å². The van der Waals surface area contributed by atoms with Crippen LogP contribution in [-0.2, 0) is 4.79 Å². The van der Waals surface area contributed by atoms with Crippen LogP contribution in [0.3, 0.4) is 0 Å².